The summed E-state index contributed by atoms with van der Waals surface area (Å²) in [4.78, 5) is 15.3. The Hall–Kier alpha value is -3.81. The molecule has 3 aromatic rings. The molecule has 0 aromatic heterocycles. The lowest BCUT2D eigenvalue weighted by molar-refractivity contribution is -0.176. The number of piperidine rings is 1. The van der Waals surface area contributed by atoms with Crippen molar-refractivity contribution in [1.29, 1.82) is 0 Å². The van der Waals surface area contributed by atoms with Crippen molar-refractivity contribution in [1.82, 2.24) is 4.90 Å². The Morgan fingerprint density at radius 2 is 1.64 bits per heavy atom. The molecule has 2 bridgehead atoms. The molecule has 2 N–H and O–H groups in total. The third-order valence-corrected chi connectivity index (χ3v) is 10.2. The van der Waals surface area contributed by atoms with E-state index in [4.69, 9.17) is 14.2 Å². The van der Waals surface area contributed by atoms with Crippen molar-refractivity contribution < 1.29 is 29.2 Å². The fraction of sp³-hybridized carbons (Fsp3) is 0.400. The second kappa shape index (κ2) is 9.61. The van der Waals surface area contributed by atoms with E-state index in [1.807, 2.05) is 66.7 Å². The number of nitrogens with zero attached hydrogens (tertiary/aromatic N) is 1. The predicted octanol–water partition coefficient (Wildman–Crippen LogP) is 5.00. The van der Waals surface area contributed by atoms with Crippen molar-refractivity contribution in [2.45, 2.75) is 68.5 Å². The summed E-state index contributed by atoms with van der Waals surface area (Å²) in [5, 5.41) is 23.4. The first-order valence-electron chi connectivity index (χ1n) is 15.1. The second-order valence-corrected chi connectivity index (χ2v) is 12.6. The number of benzene rings is 3. The van der Waals surface area contributed by atoms with E-state index in [0.717, 1.165) is 35.3 Å². The minimum absolute atomic E-state index is 0.0200. The normalized spacial score (nSPS) is 29.1. The van der Waals surface area contributed by atoms with Crippen molar-refractivity contribution in [2.24, 2.45) is 5.92 Å². The van der Waals surface area contributed by atoms with Crippen LogP contribution in [0.2, 0.25) is 0 Å². The van der Waals surface area contributed by atoms with Gasteiger partial charge in [0.1, 0.15) is 19.0 Å². The zero-order chi connectivity index (χ0) is 28.5. The summed E-state index contributed by atoms with van der Waals surface area (Å²) in [6.45, 7) is 2.37. The first-order valence-corrected chi connectivity index (χ1v) is 15.1. The number of aliphatic hydroxyl groups is 1. The molecule has 1 saturated heterocycles. The highest BCUT2D eigenvalue weighted by Crippen LogP contribution is 2.66. The van der Waals surface area contributed by atoms with E-state index in [1.54, 1.807) is 0 Å². The third-order valence-electron chi connectivity index (χ3n) is 10.2. The lowest BCUT2D eigenvalue weighted by Gasteiger charge is -2.62. The molecule has 3 aromatic carbocycles. The van der Waals surface area contributed by atoms with E-state index in [-0.39, 0.29) is 24.6 Å². The quantitative estimate of drug-likeness (QED) is 0.378. The van der Waals surface area contributed by atoms with Crippen molar-refractivity contribution >= 4 is 5.97 Å². The Labute approximate surface area is 245 Å². The van der Waals surface area contributed by atoms with Gasteiger partial charge in [-0.25, -0.2) is 4.79 Å². The summed E-state index contributed by atoms with van der Waals surface area (Å²) in [5.74, 6) is 1.14. The number of likely N-dealkylation sites (tertiary alicyclic amines) is 1. The van der Waals surface area contributed by atoms with Gasteiger partial charge in [-0.05, 0) is 60.9 Å². The Bertz CT molecular complexity index is 1570. The molecule has 2 fully saturated rings. The van der Waals surface area contributed by atoms with Gasteiger partial charge in [-0.15, -0.1) is 0 Å². The van der Waals surface area contributed by atoms with Crippen molar-refractivity contribution in [3.63, 3.8) is 0 Å². The van der Waals surface area contributed by atoms with Gasteiger partial charge in [-0.3, -0.25) is 4.90 Å². The van der Waals surface area contributed by atoms with Crippen LogP contribution in [0.5, 0.6) is 11.5 Å². The molecule has 5 aliphatic rings. The van der Waals surface area contributed by atoms with E-state index >= 15 is 0 Å². The summed E-state index contributed by atoms with van der Waals surface area (Å²) in [6, 6.07) is 23.6. The molecule has 1 saturated carbocycles. The number of hydrogen-bond acceptors (Lipinski definition) is 6. The standard InChI is InChI=1S/C35H35NO6/c37-33(38)26-18-35(39)28-17-25-13-14-27(40-20-23-7-3-1-4-8-23)31-29(25)34(35,15-16-36(28)19-22-11-12-22)32(42-31)30(26)41-21-24-9-5-2-6-10-24/h1-10,13-14,22,28,32,39H,11-12,15-21H2,(H,37,38)/t28-,32?,34+,35-/m1/s1. The van der Waals surface area contributed by atoms with E-state index in [9.17, 15) is 15.0 Å². The second-order valence-electron chi connectivity index (χ2n) is 12.6. The fourth-order valence-corrected chi connectivity index (χ4v) is 8.07. The van der Waals surface area contributed by atoms with Crippen LogP contribution in [0.4, 0.5) is 0 Å². The van der Waals surface area contributed by atoms with Crippen LogP contribution in [0.15, 0.2) is 84.1 Å². The topological polar surface area (TPSA) is 88.5 Å². The van der Waals surface area contributed by atoms with Gasteiger partial charge in [0.25, 0.3) is 0 Å². The van der Waals surface area contributed by atoms with Crippen molar-refractivity contribution in [3.8, 4) is 11.5 Å². The van der Waals surface area contributed by atoms with Gasteiger partial charge in [0.15, 0.2) is 17.6 Å². The molecule has 0 amide bonds. The van der Waals surface area contributed by atoms with Gasteiger partial charge in [-0.2, -0.15) is 0 Å². The average Bonchev–Trinajstić information content (AvgIpc) is 3.75. The summed E-state index contributed by atoms with van der Waals surface area (Å²) in [7, 11) is 0. The molecule has 2 heterocycles. The van der Waals surface area contributed by atoms with Crippen LogP contribution in [-0.4, -0.2) is 51.9 Å². The summed E-state index contributed by atoms with van der Waals surface area (Å²) < 4.78 is 19.6. The first kappa shape index (κ1) is 25.9. The Balaban J connectivity index is 1.25. The largest absolute Gasteiger partial charge is 0.489 e. The lowest BCUT2D eigenvalue weighted by Crippen LogP contribution is -2.75. The van der Waals surface area contributed by atoms with Gasteiger partial charge in [-0.1, -0.05) is 66.7 Å². The molecule has 0 radical (unpaired) electrons. The minimum atomic E-state index is -1.31. The van der Waals surface area contributed by atoms with Gasteiger partial charge in [0, 0.05) is 24.6 Å². The molecule has 4 atom stereocenters. The number of aliphatic carboxylic acids is 1. The van der Waals surface area contributed by atoms with Crippen LogP contribution in [0, 0.1) is 5.92 Å². The Morgan fingerprint density at radius 3 is 2.31 bits per heavy atom. The maximum atomic E-state index is 12.9. The monoisotopic (exact) mass is 565 g/mol. The van der Waals surface area contributed by atoms with E-state index in [2.05, 4.69) is 11.0 Å². The average molecular weight is 566 g/mol. The Morgan fingerprint density at radius 1 is 0.952 bits per heavy atom. The lowest BCUT2D eigenvalue weighted by atomic mass is 9.49. The highest BCUT2D eigenvalue weighted by atomic mass is 16.6. The molecule has 1 unspecified atom stereocenters. The summed E-state index contributed by atoms with van der Waals surface area (Å²) in [6.07, 6.45) is 3.01. The maximum absolute atomic E-state index is 12.9. The molecular weight excluding hydrogens is 530 g/mol. The summed E-state index contributed by atoms with van der Waals surface area (Å²) >= 11 is 0. The molecule has 3 aliphatic carbocycles. The maximum Gasteiger partial charge on any atom is 0.335 e. The third kappa shape index (κ3) is 3.83. The molecule has 8 rings (SSSR count). The number of carboxylic acid groups (broad SMARTS) is 1. The zero-order valence-electron chi connectivity index (χ0n) is 23.5. The molecule has 2 aliphatic heterocycles. The van der Waals surface area contributed by atoms with E-state index in [1.165, 1.54) is 12.8 Å². The Kier molecular flexibility index (Phi) is 5.92. The molecule has 7 nitrogen and oxygen atoms in total. The molecular formula is C35H35NO6. The highest BCUT2D eigenvalue weighted by molar-refractivity contribution is 5.89. The number of rotatable bonds is 9. The van der Waals surface area contributed by atoms with E-state index < -0.39 is 23.1 Å². The smallest absolute Gasteiger partial charge is 0.335 e. The molecule has 7 heteroatoms. The van der Waals surface area contributed by atoms with Crippen LogP contribution in [0.1, 0.15) is 47.9 Å². The minimum Gasteiger partial charge on any atom is -0.489 e. The van der Waals surface area contributed by atoms with Crippen LogP contribution < -0.4 is 9.47 Å². The predicted molar refractivity (Wildman–Crippen MR) is 155 cm³/mol. The number of hydrogen-bond donors (Lipinski definition) is 2. The molecule has 1 spiro atoms. The number of ether oxygens (including phenoxy) is 3. The SMILES string of the molecule is O=C(O)C1=C(OCc2ccccc2)C2Oc3c(OCc4ccccc4)ccc4c3[C@@]23CCN(CC2CC2)[C@H](C4)[C@]3(O)C1. The van der Waals surface area contributed by atoms with Crippen LogP contribution in [0.3, 0.4) is 0 Å². The van der Waals surface area contributed by atoms with Crippen LogP contribution in [0.25, 0.3) is 0 Å². The molecule has 216 valence electrons. The van der Waals surface area contributed by atoms with E-state index in [0.29, 0.717) is 42.6 Å². The number of carboxylic acids is 1. The van der Waals surface area contributed by atoms with Crippen LogP contribution in [-0.2, 0) is 34.6 Å². The fourth-order valence-electron chi connectivity index (χ4n) is 8.07. The first-order chi connectivity index (χ1) is 20.5. The number of carbonyl (C=O) groups is 1. The van der Waals surface area contributed by atoms with Crippen molar-refractivity contribution in [2.75, 3.05) is 13.1 Å². The van der Waals surface area contributed by atoms with Gasteiger partial charge >= 0.3 is 5.97 Å². The van der Waals surface area contributed by atoms with Gasteiger partial charge in [0.2, 0.25) is 0 Å². The van der Waals surface area contributed by atoms with Crippen molar-refractivity contribution in [3.05, 3.63) is 106 Å². The van der Waals surface area contributed by atoms with Gasteiger partial charge in [0.05, 0.1) is 16.6 Å². The molecule has 42 heavy (non-hydrogen) atoms. The van der Waals surface area contributed by atoms with Gasteiger partial charge < -0.3 is 24.4 Å². The zero-order valence-corrected chi connectivity index (χ0v) is 23.5. The summed E-state index contributed by atoms with van der Waals surface area (Å²) in [5.41, 5.74) is 2.09. The van der Waals surface area contributed by atoms with Crippen LogP contribution >= 0.6 is 0 Å². The highest BCUT2D eigenvalue weighted by Gasteiger charge is 2.73.